The quantitative estimate of drug-likeness (QED) is 0.653. The van der Waals surface area contributed by atoms with Gasteiger partial charge in [0.15, 0.2) is 0 Å². The Balaban J connectivity index is 2.17. The van der Waals surface area contributed by atoms with E-state index < -0.39 is 36.5 Å². The monoisotopic (exact) mass is 444 g/mol. The number of hydrogen-bond acceptors (Lipinski definition) is 4. The van der Waals surface area contributed by atoms with Crippen molar-refractivity contribution in [3.8, 4) is 0 Å². The first kappa shape index (κ1) is 25.0. The molecule has 1 aromatic carbocycles. The predicted molar refractivity (Wildman–Crippen MR) is 109 cm³/mol. The summed E-state index contributed by atoms with van der Waals surface area (Å²) in [7, 11) is 0. The van der Waals surface area contributed by atoms with Crippen molar-refractivity contribution in [2.24, 2.45) is 0 Å². The van der Waals surface area contributed by atoms with Crippen molar-refractivity contribution in [1.82, 2.24) is 9.80 Å². The van der Waals surface area contributed by atoms with Gasteiger partial charge < -0.3 is 19.3 Å². The van der Waals surface area contributed by atoms with Gasteiger partial charge in [-0.3, -0.25) is 4.79 Å². The van der Waals surface area contributed by atoms with Gasteiger partial charge in [0.2, 0.25) is 0 Å². The molecule has 1 aliphatic rings. The smallest absolute Gasteiger partial charge is 0.411 e. The highest BCUT2D eigenvalue weighted by molar-refractivity contribution is 5.81. The Morgan fingerprint density at radius 2 is 1.84 bits per heavy atom. The van der Waals surface area contributed by atoms with Gasteiger partial charge in [0, 0.05) is 25.7 Å². The van der Waals surface area contributed by atoms with E-state index in [0.717, 1.165) is 5.56 Å². The van der Waals surface area contributed by atoms with Gasteiger partial charge >= 0.3 is 12.3 Å². The van der Waals surface area contributed by atoms with E-state index in [2.05, 4.69) is 0 Å². The molecule has 6 nitrogen and oxygen atoms in total. The molecule has 2 rings (SSSR count). The number of ether oxygens (including phenoxy) is 2. The van der Waals surface area contributed by atoms with Crippen LogP contribution < -0.4 is 0 Å². The Hall–Kier alpha value is -2.29. The minimum Gasteiger partial charge on any atom is -0.444 e. The van der Waals surface area contributed by atoms with Crippen LogP contribution in [0.5, 0.6) is 0 Å². The maximum absolute atomic E-state index is 13.1. The fourth-order valence-corrected chi connectivity index (χ4v) is 3.39. The molecule has 9 heteroatoms. The molecule has 0 saturated carbocycles. The first-order valence-corrected chi connectivity index (χ1v) is 10.4. The summed E-state index contributed by atoms with van der Waals surface area (Å²) in [5.41, 5.74) is 0.192. The van der Waals surface area contributed by atoms with Crippen molar-refractivity contribution in [3.63, 3.8) is 0 Å². The van der Waals surface area contributed by atoms with Crippen molar-refractivity contribution in [2.45, 2.75) is 71.0 Å². The molecule has 1 saturated heterocycles. The zero-order valence-corrected chi connectivity index (χ0v) is 18.4. The Morgan fingerprint density at radius 1 is 1.19 bits per heavy atom. The van der Waals surface area contributed by atoms with Crippen LogP contribution in [0.15, 0.2) is 30.3 Å². The van der Waals surface area contributed by atoms with E-state index in [1.165, 1.54) is 11.8 Å². The second-order valence-electron chi connectivity index (χ2n) is 8.74. The van der Waals surface area contributed by atoms with E-state index in [9.17, 15) is 22.8 Å². The first-order chi connectivity index (χ1) is 14.4. The summed E-state index contributed by atoms with van der Waals surface area (Å²) in [6.45, 7) is 6.12. The van der Waals surface area contributed by atoms with E-state index in [4.69, 9.17) is 9.47 Å². The van der Waals surface area contributed by atoms with E-state index >= 15 is 0 Å². The SMILES string of the molecule is CC(OCC(F)(F)F)C(=O)N(Cc1ccccc1)C1CCCN(C(=O)OC(C)(C)C)C1. The Morgan fingerprint density at radius 3 is 2.42 bits per heavy atom. The number of hydrogen-bond donors (Lipinski definition) is 0. The Labute approximate surface area is 181 Å². The maximum Gasteiger partial charge on any atom is 0.411 e. The second kappa shape index (κ2) is 10.3. The lowest BCUT2D eigenvalue weighted by atomic mass is 10.0. The molecule has 1 fully saturated rings. The van der Waals surface area contributed by atoms with Crippen molar-refractivity contribution in [3.05, 3.63) is 35.9 Å². The van der Waals surface area contributed by atoms with E-state index in [-0.39, 0.29) is 19.1 Å². The van der Waals surface area contributed by atoms with Gasteiger partial charge in [-0.15, -0.1) is 0 Å². The van der Waals surface area contributed by atoms with Crippen LogP contribution in [0.1, 0.15) is 46.1 Å². The lowest BCUT2D eigenvalue weighted by Crippen LogP contribution is -2.54. The molecule has 31 heavy (non-hydrogen) atoms. The number of alkyl halides is 3. The molecule has 2 unspecified atom stereocenters. The summed E-state index contributed by atoms with van der Waals surface area (Å²) in [6, 6.07) is 8.83. The van der Waals surface area contributed by atoms with Crippen molar-refractivity contribution >= 4 is 12.0 Å². The minimum atomic E-state index is -4.52. The molecule has 1 heterocycles. The molecule has 1 aliphatic heterocycles. The van der Waals surface area contributed by atoms with Gasteiger partial charge in [-0.05, 0) is 46.1 Å². The molecule has 0 aliphatic carbocycles. The summed E-state index contributed by atoms with van der Waals surface area (Å²) in [5, 5.41) is 0. The largest absolute Gasteiger partial charge is 0.444 e. The normalized spacial score (nSPS) is 18.4. The fourth-order valence-electron chi connectivity index (χ4n) is 3.39. The van der Waals surface area contributed by atoms with Crippen molar-refractivity contribution in [2.75, 3.05) is 19.7 Å². The van der Waals surface area contributed by atoms with Crippen LogP contribution in [0.2, 0.25) is 0 Å². The van der Waals surface area contributed by atoms with Gasteiger partial charge in [0.1, 0.15) is 18.3 Å². The van der Waals surface area contributed by atoms with Gasteiger partial charge in [-0.25, -0.2) is 4.79 Å². The number of carbonyl (C=O) groups excluding carboxylic acids is 2. The van der Waals surface area contributed by atoms with Gasteiger partial charge in [-0.2, -0.15) is 13.2 Å². The summed E-state index contributed by atoms with van der Waals surface area (Å²) in [6.07, 6.45) is -4.96. The third-order valence-corrected chi connectivity index (χ3v) is 4.81. The molecule has 2 amide bonds. The molecule has 0 spiro atoms. The van der Waals surface area contributed by atoms with Crippen LogP contribution >= 0.6 is 0 Å². The van der Waals surface area contributed by atoms with Gasteiger partial charge in [-0.1, -0.05) is 30.3 Å². The highest BCUT2D eigenvalue weighted by Gasteiger charge is 2.36. The van der Waals surface area contributed by atoms with Gasteiger partial charge in [0.05, 0.1) is 0 Å². The van der Waals surface area contributed by atoms with Crippen LogP contribution in [0.4, 0.5) is 18.0 Å². The minimum absolute atomic E-state index is 0.215. The highest BCUT2D eigenvalue weighted by atomic mass is 19.4. The Bertz CT molecular complexity index is 735. The van der Waals surface area contributed by atoms with Gasteiger partial charge in [0.25, 0.3) is 5.91 Å². The topological polar surface area (TPSA) is 59.1 Å². The third-order valence-electron chi connectivity index (χ3n) is 4.81. The summed E-state index contributed by atoms with van der Waals surface area (Å²) in [5.74, 6) is -0.538. The zero-order valence-electron chi connectivity index (χ0n) is 18.4. The number of rotatable bonds is 6. The standard InChI is InChI=1S/C22H31F3N2O4/c1-16(30-15-22(23,24)25)19(28)27(13-17-9-6-5-7-10-17)18-11-8-12-26(14-18)20(29)31-21(2,3)4/h5-7,9-10,16,18H,8,11-15H2,1-4H3. The average Bonchev–Trinajstić information content (AvgIpc) is 2.69. The van der Waals surface area contributed by atoms with E-state index in [1.54, 1.807) is 25.7 Å². The van der Waals surface area contributed by atoms with Crippen LogP contribution in [0.25, 0.3) is 0 Å². The lowest BCUT2D eigenvalue weighted by Gasteiger charge is -2.40. The van der Waals surface area contributed by atoms with Crippen LogP contribution in [-0.2, 0) is 20.8 Å². The van der Waals surface area contributed by atoms with E-state index in [1.807, 2.05) is 30.3 Å². The molecule has 0 aromatic heterocycles. The number of piperidine rings is 1. The van der Waals surface area contributed by atoms with Crippen molar-refractivity contribution < 1.29 is 32.2 Å². The van der Waals surface area contributed by atoms with Crippen LogP contribution in [0.3, 0.4) is 0 Å². The molecular weight excluding hydrogens is 413 g/mol. The third kappa shape index (κ3) is 8.40. The number of nitrogens with zero attached hydrogens (tertiary/aromatic N) is 2. The second-order valence-corrected chi connectivity index (χ2v) is 8.74. The summed E-state index contributed by atoms with van der Waals surface area (Å²) < 4.78 is 47.9. The van der Waals surface area contributed by atoms with Crippen molar-refractivity contribution in [1.29, 1.82) is 0 Å². The lowest BCUT2D eigenvalue weighted by molar-refractivity contribution is -0.189. The maximum atomic E-state index is 13.1. The number of carbonyl (C=O) groups is 2. The number of halogens is 3. The molecule has 0 N–H and O–H groups in total. The number of likely N-dealkylation sites (tertiary alicyclic amines) is 1. The highest BCUT2D eigenvalue weighted by Crippen LogP contribution is 2.23. The molecule has 1 aromatic rings. The molecular formula is C22H31F3N2O4. The zero-order chi connectivity index (χ0) is 23.2. The fraction of sp³-hybridized carbons (Fsp3) is 0.636. The number of benzene rings is 1. The van der Waals surface area contributed by atoms with Crippen LogP contribution in [0, 0.1) is 0 Å². The predicted octanol–water partition coefficient (Wildman–Crippen LogP) is 4.38. The number of amides is 2. The summed E-state index contributed by atoms with van der Waals surface area (Å²) >= 11 is 0. The first-order valence-electron chi connectivity index (χ1n) is 10.4. The summed E-state index contributed by atoms with van der Waals surface area (Å²) in [4.78, 5) is 28.6. The molecule has 2 atom stereocenters. The van der Waals surface area contributed by atoms with Crippen LogP contribution in [-0.4, -0.2) is 65.4 Å². The van der Waals surface area contributed by atoms with E-state index in [0.29, 0.717) is 19.4 Å². The molecule has 0 radical (unpaired) electrons. The molecule has 0 bridgehead atoms. The Kier molecular flexibility index (Phi) is 8.34. The molecule has 174 valence electrons. The average molecular weight is 444 g/mol.